The summed E-state index contributed by atoms with van der Waals surface area (Å²) in [6.45, 7) is 6.86. The summed E-state index contributed by atoms with van der Waals surface area (Å²) >= 11 is 0. The van der Waals surface area contributed by atoms with Crippen LogP contribution in [0.5, 0.6) is 0 Å². The van der Waals surface area contributed by atoms with E-state index in [0.29, 0.717) is 18.6 Å². The minimum atomic E-state index is -0.193. The number of benzene rings is 1. The number of hydrogen-bond donors (Lipinski definition) is 1. The smallest absolute Gasteiger partial charge is 0.293 e. The van der Waals surface area contributed by atoms with Gasteiger partial charge in [0.1, 0.15) is 0 Å². The first kappa shape index (κ1) is 20.2. The van der Waals surface area contributed by atoms with E-state index in [0.717, 1.165) is 37.2 Å². The van der Waals surface area contributed by atoms with E-state index in [-0.39, 0.29) is 35.1 Å². The van der Waals surface area contributed by atoms with E-state index in [4.69, 9.17) is 0 Å². The third kappa shape index (κ3) is 3.27. The fourth-order valence-corrected chi connectivity index (χ4v) is 5.76. The van der Waals surface area contributed by atoms with Gasteiger partial charge in [0.15, 0.2) is 5.65 Å². The van der Waals surface area contributed by atoms with Crippen LogP contribution in [-0.4, -0.2) is 63.0 Å². The number of pyridine rings is 1. The van der Waals surface area contributed by atoms with Gasteiger partial charge in [-0.15, -0.1) is 5.10 Å². The molecule has 33 heavy (non-hydrogen) atoms. The zero-order valence-electron chi connectivity index (χ0n) is 19.0. The molecule has 3 aliphatic rings. The number of nitrogens with zero attached hydrogens (tertiary/aromatic N) is 5. The summed E-state index contributed by atoms with van der Waals surface area (Å²) in [6.07, 6.45) is 4.21. The summed E-state index contributed by atoms with van der Waals surface area (Å²) in [5.74, 6) is 0.0198. The number of likely N-dealkylation sites (tertiary alicyclic amines) is 1. The zero-order chi connectivity index (χ0) is 22.7. The monoisotopic (exact) mass is 444 g/mol. The van der Waals surface area contributed by atoms with Crippen molar-refractivity contribution < 1.29 is 9.59 Å². The van der Waals surface area contributed by atoms with Crippen molar-refractivity contribution in [3.63, 3.8) is 0 Å². The van der Waals surface area contributed by atoms with Gasteiger partial charge in [-0.1, -0.05) is 37.3 Å². The first-order chi connectivity index (χ1) is 15.9. The first-order valence-electron chi connectivity index (χ1n) is 11.7. The third-order valence-corrected chi connectivity index (χ3v) is 7.65. The number of aromatic nitrogens is 3. The van der Waals surface area contributed by atoms with Gasteiger partial charge in [-0.25, -0.2) is 9.50 Å². The molecule has 3 aromatic rings. The Morgan fingerprint density at radius 3 is 2.85 bits per heavy atom. The van der Waals surface area contributed by atoms with Gasteiger partial charge in [-0.3, -0.25) is 9.59 Å². The van der Waals surface area contributed by atoms with Crippen LogP contribution in [0.2, 0.25) is 0 Å². The molecule has 5 heterocycles. The minimum absolute atomic E-state index is 0.0130. The van der Waals surface area contributed by atoms with Crippen LogP contribution in [-0.2, 0) is 10.2 Å². The normalized spacial score (nSPS) is 26.8. The van der Waals surface area contributed by atoms with Crippen molar-refractivity contribution in [3.05, 3.63) is 59.5 Å². The van der Waals surface area contributed by atoms with Crippen LogP contribution in [0.25, 0.3) is 5.65 Å². The Hall–Kier alpha value is -3.42. The Morgan fingerprint density at radius 2 is 2.03 bits per heavy atom. The van der Waals surface area contributed by atoms with Crippen molar-refractivity contribution in [2.75, 3.05) is 24.5 Å². The van der Waals surface area contributed by atoms with Crippen LogP contribution >= 0.6 is 0 Å². The van der Waals surface area contributed by atoms with Crippen molar-refractivity contribution in [2.45, 2.75) is 50.6 Å². The van der Waals surface area contributed by atoms with Gasteiger partial charge in [-0.05, 0) is 37.0 Å². The van der Waals surface area contributed by atoms with Gasteiger partial charge < -0.3 is 15.1 Å². The SMILES string of the molecule is Cc1cc(N2CC[C@](C)(c3ccccc3)C2)cn2nc(C(=O)N3CC[C@@H]4NC(=O)C[C@@H]43)nc12. The second-order valence-electron chi connectivity index (χ2n) is 9.92. The number of rotatable bonds is 3. The molecule has 8 nitrogen and oxygen atoms in total. The van der Waals surface area contributed by atoms with Gasteiger partial charge in [0, 0.05) is 31.5 Å². The molecule has 0 aliphatic carbocycles. The molecule has 8 heteroatoms. The number of aryl methyl sites for hydroxylation is 1. The summed E-state index contributed by atoms with van der Waals surface area (Å²) in [7, 11) is 0. The van der Waals surface area contributed by atoms with E-state index >= 15 is 0 Å². The lowest BCUT2D eigenvalue weighted by Crippen LogP contribution is -2.39. The highest BCUT2D eigenvalue weighted by atomic mass is 16.2. The molecule has 0 unspecified atom stereocenters. The molecule has 2 aromatic heterocycles. The van der Waals surface area contributed by atoms with E-state index in [1.54, 1.807) is 9.42 Å². The molecule has 0 bridgehead atoms. The number of carbonyl (C=O) groups is 2. The number of amides is 2. The Bertz CT molecular complexity index is 1250. The highest BCUT2D eigenvalue weighted by molar-refractivity contribution is 5.93. The Kier molecular flexibility index (Phi) is 4.47. The van der Waals surface area contributed by atoms with Gasteiger partial charge in [0.25, 0.3) is 5.91 Å². The van der Waals surface area contributed by atoms with Crippen molar-refractivity contribution in [2.24, 2.45) is 0 Å². The Labute approximate surface area is 192 Å². The number of carbonyl (C=O) groups excluding carboxylic acids is 2. The fourth-order valence-electron chi connectivity index (χ4n) is 5.76. The summed E-state index contributed by atoms with van der Waals surface area (Å²) in [6, 6.07) is 12.8. The van der Waals surface area contributed by atoms with E-state index in [9.17, 15) is 9.59 Å². The molecular formula is C25H28N6O2. The molecule has 170 valence electrons. The molecule has 3 saturated heterocycles. The average molecular weight is 445 g/mol. The quantitative estimate of drug-likeness (QED) is 0.670. The fraction of sp³-hybridized carbons (Fsp3) is 0.440. The number of fused-ring (bicyclic) bond motifs is 2. The predicted octanol–water partition coefficient (Wildman–Crippen LogP) is 2.31. The summed E-state index contributed by atoms with van der Waals surface area (Å²) in [5.41, 5.74) is 4.25. The lowest BCUT2D eigenvalue weighted by Gasteiger charge is -2.26. The molecule has 0 radical (unpaired) electrons. The standard InChI is InChI=1S/C25H28N6O2/c1-16-12-18(29-11-9-25(2,15-29)17-6-4-3-5-7-17)14-31-23(16)27-22(28-31)24(33)30-10-8-19-20(30)13-21(32)26-19/h3-7,12,14,19-20H,8-11,13,15H2,1-2H3,(H,26,32)/t19-,20-,25-/m0/s1. The van der Waals surface area contributed by atoms with Crippen LogP contribution < -0.4 is 10.2 Å². The number of anilines is 1. The number of hydrogen-bond acceptors (Lipinski definition) is 5. The predicted molar refractivity (Wildman–Crippen MR) is 124 cm³/mol. The lowest BCUT2D eigenvalue weighted by molar-refractivity contribution is -0.119. The van der Waals surface area contributed by atoms with Crippen molar-refractivity contribution in [1.29, 1.82) is 0 Å². The maximum Gasteiger partial charge on any atom is 0.293 e. The topological polar surface area (TPSA) is 82.8 Å². The maximum atomic E-state index is 13.2. The minimum Gasteiger partial charge on any atom is -0.369 e. The van der Waals surface area contributed by atoms with E-state index < -0.39 is 0 Å². The van der Waals surface area contributed by atoms with Crippen LogP contribution in [0.3, 0.4) is 0 Å². The Balaban J connectivity index is 1.27. The molecule has 1 aromatic carbocycles. The number of nitrogens with one attached hydrogen (secondary N) is 1. The molecular weight excluding hydrogens is 416 g/mol. The maximum absolute atomic E-state index is 13.2. The summed E-state index contributed by atoms with van der Waals surface area (Å²) in [4.78, 5) is 33.7. The molecule has 1 N–H and O–H groups in total. The van der Waals surface area contributed by atoms with E-state index in [1.807, 2.05) is 13.1 Å². The molecule has 0 saturated carbocycles. The summed E-state index contributed by atoms with van der Waals surface area (Å²) in [5, 5.41) is 7.52. The summed E-state index contributed by atoms with van der Waals surface area (Å²) < 4.78 is 1.74. The zero-order valence-corrected chi connectivity index (χ0v) is 19.0. The largest absolute Gasteiger partial charge is 0.369 e. The molecule has 3 fully saturated rings. The van der Waals surface area contributed by atoms with Gasteiger partial charge >= 0.3 is 0 Å². The average Bonchev–Trinajstić information content (AvgIpc) is 3.57. The first-order valence-corrected chi connectivity index (χ1v) is 11.7. The van der Waals surface area contributed by atoms with E-state index in [2.05, 4.69) is 63.6 Å². The second-order valence-corrected chi connectivity index (χ2v) is 9.92. The second kappa shape index (κ2) is 7.30. The lowest BCUT2D eigenvalue weighted by atomic mass is 9.82. The van der Waals surface area contributed by atoms with Gasteiger partial charge in [0.05, 0.1) is 24.0 Å². The van der Waals surface area contributed by atoms with Crippen molar-refractivity contribution in [3.8, 4) is 0 Å². The third-order valence-electron chi connectivity index (χ3n) is 7.65. The van der Waals surface area contributed by atoms with Gasteiger partial charge in [-0.2, -0.15) is 0 Å². The molecule has 3 atom stereocenters. The highest BCUT2D eigenvalue weighted by Crippen LogP contribution is 2.36. The molecule has 0 spiro atoms. The van der Waals surface area contributed by atoms with Gasteiger partial charge in [0.2, 0.25) is 11.7 Å². The molecule has 2 amide bonds. The Morgan fingerprint density at radius 1 is 1.21 bits per heavy atom. The van der Waals surface area contributed by atoms with Crippen LogP contribution in [0, 0.1) is 6.92 Å². The molecule has 3 aliphatic heterocycles. The van der Waals surface area contributed by atoms with Crippen LogP contribution in [0.1, 0.15) is 47.9 Å². The van der Waals surface area contributed by atoms with Crippen LogP contribution in [0.4, 0.5) is 5.69 Å². The molecule has 6 rings (SSSR count). The van der Waals surface area contributed by atoms with Crippen LogP contribution in [0.15, 0.2) is 42.6 Å². The highest BCUT2D eigenvalue weighted by Gasteiger charge is 2.44. The van der Waals surface area contributed by atoms with E-state index in [1.165, 1.54) is 5.56 Å². The van der Waals surface area contributed by atoms with Crippen molar-refractivity contribution in [1.82, 2.24) is 24.8 Å². The van der Waals surface area contributed by atoms with Crippen molar-refractivity contribution >= 4 is 23.1 Å².